The Morgan fingerprint density at radius 2 is 1.80 bits per heavy atom. The van der Waals surface area contributed by atoms with Gasteiger partial charge in [-0.15, -0.1) is 0 Å². The van der Waals surface area contributed by atoms with Gasteiger partial charge in [0.15, 0.2) is 0 Å². The van der Waals surface area contributed by atoms with Crippen molar-refractivity contribution in [3.63, 3.8) is 0 Å². The first-order valence-electron chi connectivity index (χ1n) is 7.02. The summed E-state index contributed by atoms with van der Waals surface area (Å²) in [6, 6.07) is 5.93. The Bertz CT molecular complexity index is 428. The zero-order chi connectivity index (χ0) is 14.8. The van der Waals surface area contributed by atoms with Crippen LogP contribution in [0, 0.1) is 5.92 Å². The summed E-state index contributed by atoms with van der Waals surface area (Å²) in [6.45, 7) is 6.97. The lowest BCUT2D eigenvalue weighted by Gasteiger charge is -2.33. The predicted octanol–water partition coefficient (Wildman–Crippen LogP) is 3.53. The number of nitrogens with zero attached hydrogens (tertiary/aromatic N) is 1. The van der Waals surface area contributed by atoms with E-state index < -0.39 is 11.7 Å². The fourth-order valence-electron chi connectivity index (χ4n) is 2.48. The first-order chi connectivity index (χ1) is 9.36. The van der Waals surface area contributed by atoms with Gasteiger partial charge in [-0.1, -0.05) is 6.92 Å². The molecule has 0 spiro atoms. The van der Waals surface area contributed by atoms with Gasteiger partial charge >= 0.3 is 6.18 Å². The van der Waals surface area contributed by atoms with Crippen LogP contribution in [0.25, 0.3) is 0 Å². The molecule has 2 nitrogen and oxygen atoms in total. The molecule has 1 aromatic carbocycles. The maximum absolute atomic E-state index is 12.6. The van der Waals surface area contributed by atoms with Crippen molar-refractivity contribution in [1.29, 1.82) is 0 Å². The highest BCUT2D eigenvalue weighted by Crippen LogP contribution is 2.30. The van der Waals surface area contributed by atoms with Crippen LogP contribution in [0.2, 0.25) is 0 Å². The average Bonchev–Trinajstić information content (AvgIpc) is 2.38. The van der Waals surface area contributed by atoms with Crippen molar-refractivity contribution in [2.75, 3.05) is 24.5 Å². The second-order valence-electron chi connectivity index (χ2n) is 5.69. The molecule has 2 atom stereocenters. The minimum atomic E-state index is -4.26. The van der Waals surface area contributed by atoms with Gasteiger partial charge in [0.05, 0.1) is 5.56 Å². The van der Waals surface area contributed by atoms with E-state index in [1.807, 2.05) is 0 Å². The van der Waals surface area contributed by atoms with Crippen LogP contribution in [0.3, 0.4) is 0 Å². The Balaban J connectivity index is 2.12. The smallest absolute Gasteiger partial charge is 0.371 e. The number of benzene rings is 1. The first-order valence-corrected chi connectivity index (χ1v) is 7.02. The van der Waals surface area contributed by atoms with Crippen LogP contribution in [0.15, 0.2) is 24.3 Å². The van der Waals surface area contributed by atoms with Crippen LogP contribution in [0.1, 0.15) is 25.8 Å². The van der Waals surface area contributed by atoms with Crippen LogP contribution in [0.5, 0.6) is 0 Å². The molecule has 1 saturated heterocycles. The average molecular weight is 286 g/mol. The number of nitrogens with one attached hydrogen (secondary N) is 1. The fraction of sp³-hybridized carbons (Fsp3) is 0.600. The zero-order valence-corrected chi connectivity index (χ0v) is 11.9. The molecular formula is C15H21F3N2. The van der Waals surface area contributed by atoms with Gasteiger partial charge in [-0.3, -0.25) is 0 Å². The summed E-state index contributed by atoms with van der Waals surface area (Å²) < 4.78 is 37.7. The Kier molecular flexibility index (Phi) is 4.58. The van der Waals surface area contributed by atoms with E-state index in [9.17, 15) is 13.2 Å². The molecule has 2 rings (SSSR count). The molecule has 1 N–H and O–H groups in total. The third-order valence-corrected chi connectivity index (χ3v) is 3.74. The van der Waals surface area contributed by atoms with Crippen LogP contribution >= 0.6 is 0 Å². The molecule has 1 aliphatic heterocycles. The SMILES string of the molecule is CC1CNC(C)CCN(c2ccc(C(F)(F)F)cc2)C1. The van der Waals surface area contributed by atoms with Crippen LogP contribution < -0.4 is 10.2 Å². The van der Waals surface area contributed by atoms with Gasteiger partial charge in [0.2, 0.25) is 0 Å². The standard InChI is InChI=1S/C15H21F3N2/c1-11-9-19-12(2)7-8-20(10-11)14-5-3-13(4-6-14)15(16,17)18/h3-6,11-12,19H,7-10H2,1-2H3. The predicted molar refractivity (Wildman–Crippen MR) is 74.9 cm³/mol. The molecule has 0 aromatic heterocycles. The highest BCUT2D eigenvalue weighted by atomic mass is 19.4. The van der Waals surface area contributed by atoms with Gasteiger partial charge in [0.1, 0.15) is 0 Å². The van der Waals surface area contributed by atoms with Crippen molar-refractivity contribution in [2.24, 2.45) is 5.92 Å². The molecule has 0 bridgehead atoms. The van der Waals surface area contributed by atoms with Gasteiger partial charge in [0, 0.05) is 24.8 Å². The third-order valence-electron chi connectivity index (χ3n) is 3.74. The summed E-state index contributed by atoms with van der Waals surface area (Å²) in [5.74, 6) is 0.472. The van der Waals surface area contributed by atoms with Crippen LogP contribution in [-0.2, 0) is 6.18 Å². The van der Waals surface area contributed by atoms with E-state index in [-0.39, 0.29) is 0 Å². The molecule has 20 heavy (non-hydrogen) atoms. The lowest BCUT2D eigenvalue weighted by Crippen LogP contribution is -2.42. The van der Waals surface area contributed by atoms with Crippen molar-refractivity contribution < 1.29 is 13.2 Å². The lowest BCUT2D eigenvalue weighted by atomic mass is 10.1. The van der Waals surface area contributed by atoms with E-state index in [1.54, 1.807) is 12.1 Å². The fourth-order valence-corrected chi connectivity index (χ4v) is 2.48. The Morgan fingerprint density at radius 1 is 1.15 bits per heavy atom. The molecule has 1 fully saturated rings. The zero-order valence-electron chi connectivity index (χ0n) is 11.9. The van der Waals surface area contributed by atoms with E-state index >= 15 is 0 Å². The molecule has 1 aromatic rings. The van der Waals surface area contributed by atoms with Crippen molar-refractivity contribution in [1.82, 2.24) is 5.32 Å². The van der Waals surface area contributed by atoms with Crippen molar-refractivity contribution in [3.8, 4) is 0 Å². The summed E-state index contributed by atoms with van der Waals surface area (Å²) in [6.07, 6.45) is -3.27. The van der Waals surface area contributed by atoms with Crippen molar-refractivity contribution >= 4 is 5.69 Å². The summed E-state index contributed by atoms with van der Waals surface area (Å²) in [7, 11) is 0. The van der Waals surface area contributed by atoms with Crippen molar-refractivity contribution in [2.45, 2.75) is 32.5 Å². The molecular weight excluding hydrogens is 265 g/mol. The number of alkyl halides is 3. The second-order valence-corrected chi connectivity index (χ2v) is 5.69. The summed E-state index contributed by atoms with van der Waals surface area (Å²) >= 11 is 0. The Morgan fingerprint density at radius 3 is 2.40 bits per heavy atom. The maximum Gasteiger partial charge on any atom is 0.416 e. The maximum atomic E-state index is 12.6. The molecule has 0 saturated carbocycles. The molecule has 1 heterocycles. The minimum Gasteiger partial charge on any atom is -0.371 e. The Hall–Kier alpha value is -1.23. The van der Waals surface area contributed by atoms with Gasteiger partial charge in [-0.2, -0.15) is 13.2 Å². The monoisotopic (exact) mass is 286 g/mol. The molecule has 0 amide bonds. The number of anilines is 1. The summed E-state index contributed by atoms with van der Waals surface area (Å²) in [5, 5.41) is 3.46. The third kappa shape index (κ3) is 3.88. The second kappa shape index (κ2) is 6.04. The van der Waals surface area contributed by atoms with E-state index in [0.29, 0.717) is 12.0 Å². The first kappa shape index (κ1) is 15.2. The van der Waals surface area contributed by atoms with Crippen LogP contribution in [0.4, 0.5) is 18.9 Å². The number of hydrogen-bond donors (Lipinski definition) is 1. The van der Waals surface area contributed by atoms with Gasteiger partial charge in [-0.25, -0.2) is 0 Å². The van der Waals surface area contributed by atoms with E-state index in [2.05, 4.69) is 24.1 Å². The van der Waals surface area contributed by atoms with E-state index in [1.165, 1.54) is 12.1 Å². The van der Waals surface area contributed by atoms with Gasteiger partial charge in [0.25, 0.3) is 0 Å². The Labute approximate surface area is 118 Å². The largest absolute Gasteiger partial charge is 0.416 e. The molecule has 5 heteroatoms. The van der Waals surface area contributed by atoms with E-state index in [0.717, 1.165) is 31.7 Å². The highest BCUT2D eigenvalue weighted by Gasteiger charge is 2.30. The summed E-state index contributed by atoms with van der Waals surface area (Å²) in [4.78, 5) is 2.18. The summed E-state index contributed by atoms with van der Waals surface area (Å²) in [5.41, 5.74) is 0.287. The minimum absolute atomic E-state index is 0.440. The highest BCUT2D eigenvalue weighted by molar-refractivity contribution is 5.48. The molecule has 2 unspecified atom stereocenters. The molecule has 0 aliphatic carbocycles. The normalized spacial score (nSPS) is 25.1. The number of hydrogen-bond acceptors (Lipinski definition) is 2. The number of halogens is 3. The van der Waals surface area contributed by atoms with E-state index in [4.69, 9.17) is 0 Å². The lowest BCUT2D eigenvalue weighted by molar-refractivity contribution is -0.137. The van der Waals surface area contributed by atoms with Gasteiger partial charge in [-0.05, 0) is 50.1 Å². The van der Waals surface area contributed by atoms with Crippen LogP contribution in [-0.4, -0.2) is 25.7 Å². The number of rotatable bonds is 1. The van der Waals surface area contributed by atoms with Crippen molar-refractivity contribution in [3.05, 3.63) is 29.8 Å². The molecule has 1 aliphatic rings. The topological polar surface area (TPSA) is 15.3 Å². The molecule has 112 valence electrons. The van der Waals surface area contributed by atoms with Gasteiger partial charge < -0.3 is 10.2 Å². The quantitative estimate of drug-likeness (QED) is 0.849. The molecule has 0 radical (unpaired) electrons.